The lowest BCUT2D eigenvalue weighted by Gasteiger charge is -2.08. The van der Waals surface area contributed by atoms with Gasteiger partial charge in [0.05, 0.1) is 11.3 Å². The lowest BCUT2D eigenvalue weighted by molar-refractivity contribution is -0.137. The van der Waals surface area contributed by atoms with Gasteiger partial charge in [0.2, 0.25) is 0 Å². The molecule has 0 fully saturated rings. The zero-order valence-corrected chi connectivity index (χ0v) is 10.6. The van der Waals surface area contributed by atoms with Crippen LogP contribution in [0, 0.1) is 18.3 Å². The van der Waals surface area contributed by atoms with Crippen LogP contribution in [0.15, 0.2) is 18.2 Å². The summed E-state index contributed by atoms with van der Waals surface area (Å²) in [6.45, 7) is 2.75. The van der Waals surface area contributed by atoms with Crippen molar-refractivity contribution in [2.75, 3.05) is 11.9 Å². The highest BCUT2D eigenvalue weighted by molar-refractivity contribution is 5.66. The Kier molecular flexibility index (Phi) is 5.72. The highest BCUT2D eigenvalue weighted by Crippen LogP contribution is 2.16. The number of carboxylic acid groups (broad SMARTS) is 1. The summed E-state index contributed by atoms with van der Waals surface area (Å²) in [7, 11) is 0. The standard InChI is InChI=1S/C14H18N2O2/c1-11-6-7-12(10-15)13(9-11)16-8-4-2-3-5-14(17)18/h6-7,9,16H,2-5,8H2,1H3,(H,17,18). The summed E-state index contributed by atoms with van der Waals surface area (Å²) < 4.78 is 0. The van der Waals surface area contributed by atoms with Crippen molar-refractivity contribution in [1.82, 2.24) is 0 Å². The quantitative estimate of drug-likeness (QED) is 0.725. The second-order valence-electron chi connectivity index (χ2n) is 4.29. The lowest BCUT2D eigenvalue weighted by atomic mass is 10.1. The Morgan fingerprint density at radius 1 is 1.39 bits per heavy atom. The Hall–Kier alpha value is -2.02. The van der Waals surface area contributed by atoms with E-state index in [0.29, 0.717) is 12.0 Å². The van der Waals surface area contributed by atoms with E-state index in [2.05, 4.69) is 11.4 Å². The number of anilines is 1. The van der Waals surface area contributed by atoms with Crippen molar-refractivity contribution >= 4 is 11.7 Å². The largest absolute Gasteiger partial charge is 0.481 e. The topological polar surface area (TPSA) is 73.1 Å². The van der Waals surface area contributed by atoms with Gasteiger partial charge in [0.25, 0.3) is 0 Å². The summed E-state index contributed by atoms with van der Waals surface area (Å²) in [5, 5.41) is 20.7. The van der Waals surface area contributed by atoms with E-state index in [1.165, 1.54) is 0 Å². The van der Waals surface area contributed by atoms with E-state index in [4.69, 9.17) is 10.4 Å². The van der Waals surface area contributed by atoms with Gasteiger partial charge in [-0.3, -0.25) is 4.79 Å². The monoisotopic (exact) mass is 246 g/mol. The van der Waals surface area contributed by atoms with Crippen molar-refractivity contribution in [1.29, 1.82) is 5.26 Å². The first kappa shape index (κ1) is 14.0. The maximum Gasteiger partial charge on any atom is 0.303 e. The van der Waals surface area contributed by atoms with E-state index in [1.807, 2.05) is 25.1 Å². The highest BCUT2D eigenvalue weighted by Gasteiger charge is 2.01. The molecule has 0 radical (unpaired) electrons. The Labute approximate surface area is 107 Å². The average molecular weight is 246 g/mol. The molecule has 0 amide bonds. The molecule has 1 aromatic rings. The molecule has 0 aliphatic carbocycles. The molecule has 0 unspecified atom stereocenters. The summed E-state index contributed by atoms with van der Waals surface area (Å²) in [5.74, 6) is -0.742. The summed E-state index contributed by atoms with van der Waals surface area (Å²) in [5.41, 5.74) is 2.62. The molecule has 0 bridgehead atoms. The Morgan fingerprint density at radius 2 is 2.17 bits per heavy atom. The first-order valence-electron chi connectivity index (χ1n) is 6.10. The normalized spacial score (nSPS) is 9.78. The van der Waals surface area contributed by atoms with Gasteiger partial charge in [-0.05, 0) is 37.5 Å². The van der Waals surface area contributed by atoms with Gasteiger partial charge < -0.3 is 10.4 Å². The van der Waals surface area contributed by atoms with Crippen LogP contribution in [-0.4, -0.2) is 17.6 Å². The second kappa shape index (κ2) is 7.33. The number of benzene rings is 1. The van der Waals surface area contributed by atoms with Crippen LogP contribution in [0.1, 0.15) is 36.8 Å². The van der Waals surface area contributed by atoms with Gasteiger partial charge in [0, 0.05) is 13.0 Å². The fourth-order valence-corrected chi connectivity index (χ4v) is 1.70. The first-order chi connectivity index (χ1) is 8.63. The highest BCUT2D eigenvalue weighted by atomic mass is 16.4. The molecule has 0 saturated heterocycles. The third-order valence-corrected chi connectivity index (χ3v) is 2.68. The van der Waals surface area contributed by atoms with E-state index in [0.717, 1.165) is 30.6 Å². The maximum atomic E-state index is 10.3. The molecule has 4 heteroatoms. The van der Waals surface area contributed by atoms with E-state index in [1.54, 1.807) is 0 Å². The number of hydrogen-bond acceptors (Lipinski definition) is 3. The molecular weight excluding hydrogens is 228 g/mol. The number of carbonyl (C=O) groups is 1. The Balaban J connectivity index is 2.33. The van der Waals surface area contributed by atoms with E-state index < -0.39 is 5.97 Å². The van der Waals surface area contributed by atoms with Crippen LogP contribution < -0.4 is 5.32 Å². The molecule has 0 aromatic heterocycles. The van der Waals surface area contributed by atoms with Crippen LogP contribution >= 0.6 is 0 Å². The summed E-state index contributed by atoms with van der Waals surface area (Å²) in [6.07, 6.45) is 2.73. The van der Waals surface area contributed by atoms with Crippen molar-refractivity contribution in [3.05, 3.63) is 29.3 Å². The minimum Gasteiger partial charge on any atom is -0.481 e. The molecule has 18 heavy (non-hydrogen) atoms. The predicted molar refractivity (Wildman–Crippen MR) is 70.5 cm³/mol. The van der Waals surface area contributed by atoms with Crippen molar-refractivity contribution < 1.29 is 9.90 Å². The van der Waals surface area contributed by atoms with Gasteiger partial charge in [-0.2, -0.15) is 5.26 Å². The third-order valence-electron chi connectivity index (χ3n) is 2.68. The number of nitrogens with one attached hydrogen (secondary N) is 1. The summed E-state index contributed by atoms with van der Waals surface area (Å²) in [4.78, 5) is 10.3. The number of hydrogen-bond donors (Lipinski definition) is 2. The fraction of sp³-hybridized carbons (Fsp3) is 0.429. The number of unbranched alkanes of at least 4 members (excludes halogenated alkanes) is 2. The van der Waals surface area contributed by atoms with Gasteiger partial charge in [-0.15, -0.1) is 0 Å². The molecule has 0 aliphatic heterocycles. The van der Waals surface area contributed by atoms with Crippen molar-refractivity contribution in [3.8, 4) is 6.07 Å². The van der Waals surface area contributed by atoms with Gasteiger partial charge in [0.1, 0.15) is 6.07 Å². The van der Waals surface area contributed by atoms with E-state index in [-0.39, 0.29) is 6.42 Å². The molecule has 96 valence electrons. The van der Waals surface area contributed by atoms with Gasteiger partial charge in [-0.25, -0.2) is 0 Å². The van der Waals surface area contributed by atoms with Crippen LogP contribution in [0.2, 0.25) is 0 Å². The third kappa shape index (κ3) is 4.88. The van der Waals surface area contributed by atoms with Crippen LogP contribution in [0.5, 0.6) is 0 Å². The zero-order valence-electron chi connectivity index (χ0n) is 10.6. The molecule has 1 aromatic carbocycles. The number of aryl methyl sites for hydroxylation is 1. The van der Waals surface area contributed by atoms with Crippen molar-refractivity contribution in [2.45, 2.75) is 32.6 Å². The first-order valence-corrected chi connectivity index (χ1v) is 6.10. The maximum absolute atomic E-state index is 10.3. The van der Waals surface area contributed by atoms with Gasteiger partial charge >= 0.3 is 5.97 Å². The molecule has 0 saturated carbocycles. The van der Waals surface area contributed by atoms with Crippen LogP contribution in [0.3, 0.4) is 0 Å². The van der Waals surface area contributed by atoms with Crippen molar-refractivity contribution in [3.63, 3.8) is 0 Å². The van der Waals surface area contributed by atoms with E-state index >= 15 is 0 Å². The summed E-state index contributed by atoms with van der Waals surface area (Å²) >= 11 is 0. The van der Waals surface area contributed by atoms with E-state index in [9.17, 15) is 4.79 Å². The minimum absolute atomic E-state index is 0.230. The van der Waals surface area contributed by atoms with Crippen LogP contribution in [0.25, 0.3) is 0 Å². The molecule has 0 aliphatic rings. The average Bonchev–Trinajstić information content (AvgIpc) is 2.33. The number of carboxylic acids is 1. The number of nitriles is 1. The molecular formula is C14H18N2O2. The summed E-state index contributed by atoms with van der Waals surface area (Å²) in [6, 6.07) is 7.82. The van der Waals surface area contributed by atoms with Gasteiger partial charge in [-0.1, -0.05) is 12.5 Å². The minimum atomic E-state index is -0.742. The zero-order chi connectivity index (χ0) is 13.4. The molecule has 1 rings (SSSR count). The number of aliphatic carboxylic acids is 1. The molecule has 0 atom stereocenters. The van der Waals surface area contributed by atoms with Crippen LogP contribution in [0.4, 0.5) is 5.69 Å². The molecule has 0 spiro atoms. The Bertz CT molecular complexity index is 450. The molecule has 4 nitrogen and oxygen atoms in total. The molecule has 2 N–H and O–H groups in total. The fourth-order valence-electron chi connectivity index (χ4n) is 1.70. The predicted octanol–water partition coefficient (Wildman–Crippen LogP) is 2.92. The Morgan fingerprint density at radius 3 is 2.83 bits per heavy atom. The SMILES string of the molecule is Cc1ccc(C#N)c(NCCCCCC(=O)O)c1. The smallest absolute Gasteiger partial charge is 0.303 e. The second-order valence-corrected chi connectivity index (χ2v) is 4.29. The number of nitrogens with zero attached hydrogens (tertiary/aromatic N) is 1. The lowest BCUT2D eigenvalue weighted by Crippen LogP contribution is -2.04. The van der Waals surface area contributed by atoms with Crippen LogP contribution in [-0.2, 0) is 4.79 Å². The number of rotatable bonds is 7. The molecule has 0 heterocycles. The van der Waals surface area contributed by atoms with Crippen molar-refractivity contribution in [2.24, 2.45) is 0 Å². The van der Waals surface area contributed by atoms with Gasteiger partial charge in [0.15, 0.2) is 0 Å².